The lowest BCUT2D eigenvalue weighted by Crippen LogP contribution is -2.28. The minimum atomic E-state index is -0.316. The van der Waals surface area contributed by atoms with Gasteiger partial charge in [0.2, 0.25) is 0 Å². The van der Waals surface area contributed by atoms with Crippen molar-refractivity contribution in [1.82, 2.24) is 0 Å². The van der Waals surface area contributed by atoms with Crippen molar-refractivity contribution in [3.8, 4) is 5.75 Å². The summed E-state index contributed by atoms with van der Waals surface area (Å²) in [5.74, 6) is 0.801. The van der Waals surface area contributed by atoms with E-state index in [-0.39, 0.29) is 5.41 Å². The van der Waals surface area contributed by atoms with Gasteiger partial charge in [0.15, 0.2) is 0 Å². The van der Waals surface area contributed by atoms with Crippen LogP contribution in [0.3, 0.4) is 0 Å². The standard InChI is InChI=1S/C12H15NO3/c1-15-11-4-2-3-10(7-11)12(8-13-14)5-6-16-9-12/h2-4,7-8,14H,5-6,9H2,1H3/b13-8+. The average molecular weight is 221 g/mol. The summed E-state index contributed by atoms with van der Waals surface area (Å²) in [5.41, 5.74) is 0.741. The smallest absolute Gasteiger partial charge is 0.119 e. The SMILES string of the molecule is COc1cccc(C2(/C=N/O)CCOC2)c1. The third-order valence-corrected chi connectivity index (χ3v) is 3.00. The van der Waals surface area contributed by atoms with Crippen molar-refractivity contribution in [1.29, 1.82) is 0 Å². The van der Waals surface area contributed by atoms with E-state index >= 15 is 0 Å². The monoisotopic (exact) mass is 221 g/mol. The molecule has 1 aromatic carbocycles. The van der Waals surface area contributed by atoms with Crippen molar-refractivity contribution >= 4 is 6.21 Å². The molecule has 0 amide bonds. The van der Waals surface area contributed by atoms with Gasteiger partial charge in [-0.3, -0.25) is 0 Å². The van der Waals surface area contributed by atoms with Gasteiger partial charge in [-0.25, -0.2) is 0 Å². The van der Waals surface area contributed by atoms with Crippen LogP contribution in [0.25, 0.3) is 0 Å². The Morgan fingerprint density at radius 1 is 1.56 bits per heavy atom. The molecular weight excluding hydrogens is 206 g/mol. The molecule has 1 heterocycles. The summed E-state index contributed by atoms with van der Waals surface area (Å²) in [7, 11) is 1.64. The van der Waals surface area contributed by atoms with E-state index in [2.05, 4.69) is 5.16 Å². The van der Waals surface area contributed by atoms with Gasteiger partial charge in [0.1, 0.15) is 5.75 Å². The lowest BCUT2D eigenvalue weighted by atomic mass is 9.81. The van der Waals surface area contributed by atoms with E-state index < -0.39 is 0 Å². The van der Waals surface area contributed by atoms with Crippen molar-refractivity contribution < 1.29 is 14.7 Å². The topological polar surface area (TPSA) is 51.0 Å². The zero-order chi connectivity index (χ0) is 11.4. The summed E-state index contributed by atoms with van der Waals surface area (Å²) >= 11 is 0. The Hall–Kier alpha value is -1.55. The molecular formula is C12H15NO3. The molecule has 1 N–H and O–H groups in total. The molecule has 0 aromatic heterocycles. The largest absolute Gasteiger partial charge is 0.497 e. The normalized spacial score (nSPS) is 25.1. The average Bonchev–Trinajstić information content (AvgIpc) is 2.80. The highest BCUT2D eigenvalue weighted by Gasteiger charge is 2.35. The fourth-order valence-electron chi connectivity index (χ4n) is 2.03. The third-order valence-electron chi connectivity index (χ3n) is 3.00. The van der Waals surface area contributed by atoms with Gasteiger partial charge in [0.05, 0.1) is 25.3 Å². The first-order valence-electron chi connectivity index (χ1n) is 5.22. The molecule has 0 bridgehead atoms. The van der Waals surface area contributed by atoms with Crippen LogP contribution in [0, 0.1) is 0 Å². The molecule has 1 atom stereocenters. The summed E-state index contributed by atoms with van der Waals surface area (Å²) in [5, 5.41) is 11.9. The molecule has 0 radical (unpaired) electrons. The second-order valence-electron chi connectivity index (χ2n) is 3.94. The number of hydrogen-bond donors (Lipinski definition) is 1. The number of methoxy groups -OCH3 is 1. The van der Waals surface area contributed by atoms with Crippen LogP contribution >= 0.6 is 0 Å². The Balaban J connectivity index is 2.38. The molecule has 0 saturated carbocycles. The third kappa shape index (κ3) is 1.88. The molecule has 1 aliphatic heterocycles. The van der Waals surface area contributed by atoms with Crippen molar-refractivity contribution in [2.24, 2.45) is 5.16 Å². The van der Waals surface area contributed by atoms with Crippen LogP contribution in [0.4, 0.5) is 0 Å². The van der Waals surface area contributed by atoms with Gasteiger partial charge in [-0.05, 0) is 24.1 Å². The summed E-state index contributed by atoms with van der Waals surface area (Å²) in [4.78, 5) is 0. The van der Waals surface area contributed by atoms with Crippen LogP contribution in [0.1, 0.15) is 12.0 Å². The first-order valence-corrected chi connectivity index (χ1v) is 5.22. The maximum Gasteiger partial charge on any atom is 0.119 e. The number of benzene rings is 1. The molecule has 4 nitrogen and oxygen atoms in total. The van der Waals surface area contributed by atoms with Crippen molar-refractivity contribution in [3.63, 3.8) is 0 Å². The molecule has 1 fully saturated rings. The molecule has 1 aromatic rings. The summed E-state index contributed by atoms with van der Waals surface area (Å²) in [6, 6.07) is 7.78. The van der Waals surface area contributed by atoms with Crippen molar-refractivity contribution in [2.45, 2.75) is 11.8 Å². The van der Waals surface area contributed by atoms with Crippen molar-refractivity contribution in [2.75, 3.05) is 20.3 Å². The predicted octanol–water partition coefficient (Wildman–Crippen LogP) is 1.81. The first kappa shape index (κ1) is 11.0. The van der Waals surface area contributed by atoms with E-state index in [1.807, 2.05) is 24.3 Å². The Bertz CT molecular complexity index is 384. The van der Waals surface area contributed by atoms with Gasteiger partial charge in [0, 0.05) is 6.61 Å². The maximum absolute atomic E-state index is 8.76. The second-order valence-corrected chi connectivity index (χ2v) is 3.94. The molecule has 0 spiro atoms. The quantitative estimate of drug-likeness (QED) is 0.481. The number of ether oxygens (including phenoxy) is 2. The molecule has 86 valence electrons. The van der Waals surface area contributed by atoms with Gasteiger partial charge >= 0.3 is 0 Å². The summed E-state index contributed by atoms with van der Waals surface area (Å²) in [6.45, 7) is 1.23. The molecule has 16 heavy (non-hydrogen) atoms. The van der Waals surface area contributed by atoms with Crippen LogP contribution in [-0.2, 0) is 10.2 Å². The van der Waals surface area contributed by atoms with E-state index in [1.54, 1.807) is 13.3 Å². The van der Waals surface area contributed by atoms with E-state index in [4.69, 9.17) is 14.7 Å². The lowest BCUT2D eigenvalue weighted by molar-refractivity contribution is 0.187. The van der Waals surface area contributed by atoms with Gasteiger partial charge in [-0.1, -0.05) is 12.1 Å². The van der Waals surface area contributed by atoms with Crippen LogP contribution in [0.15, 0.2) is 29.4 Å². The molecule has 1 saturated heterocycles. The van der Waals surface area contributed by atoms with Gasteiger partial charge in [0.25, 0.3) is 0 Å². The highest BCUT2D eigenvalue weighted by atomic mass is 16.5. The van der Waals surface area contributed by atoms with E-state index in [0.717, 1.165) is 17.7 Å². The fourth-order valence-corrected chi connectivity index (χ4v) is 2.03. The Morgan fingerprint density at radius 2 is 2.44 bits per heavy atom. The minimum Gasteiger partial charge on any atom is -0.497 e. The highest BCUT2D eigenvalue weighted by Crippen LogP contribution is 2.33. The van der Waals surface area contributed by atoms with E-state index in [0.29, 0.717) is 13.2 Å². The number of nitrogens with zero attached hydrogens (tertiary/aromatic N) is 1. The van der Waals surface area contributed by atoms with Crippen molar-refractivity contribution in [3.05, 3.63) is 29.8 Å². The zero-order valence-electron chi connectivity index (χ0n) is 9.22. The van der Waals surface area contributed by atoms with Gasteiger partial charge < -0.3 is 14.7 Å². The summed E-state index contributed by atoms with van der Waals surface area (Å²) < 4.78 is 10.6. The van der Waals surface area contributed by atoms with E-state index in [1.165, 1.54) is 0 Å². The molecule has 4 heteroatoms. The first-order chi connectivity index (χ1) is 7.80. The minimum absolute atomic E-state index is 0.316. The number of rotatable bonds is 3. The van der Waals surface area contributed by atoms with Crippen LogP contribution < -0.4 is 4.74 Å². The molecule has 2 rings (SSSR count). The molecule has 1 unspecified atom stereocenters. The summed E-state index contributed by atoms with van der Waals surface area (Å²) in [6.07, 6.45) is 2.37. The number of hydrogen-bond acceptors (Lipinski definition) is 4. The maximum atomic E-state index is 8.76. The fraction of sp³-hybridized carbons (Fsp3) is 0.417. The second kappa shape index (κ2) is 4.53. The number of oxime groups is 1. The van der Waals surface area contributed by atoms with Crippen LogP contribution in [-0.4, -0.2) is 31.7 Å². The van der Waals surface area contributed by atoms with Crippen LogP contribution in [0.5, 0.6) is 5.75 Å². The predicted molar refractivity (Wildman–Crippen MR) is 60.4 cm³/mol. The zero-order valence-corrected chi connectivity index (χ0v) is 9.22. The van der Waals surface area contributed by atoms with Gasteiger partial charge in [-0.15, -0.1) is 5.16 Å². The van der Waals surface area contributed by atoms with E-state index in [9.17, 15) is 0 Å². The lowest BCUT2D eigenvalue weighted by Gasteiger charge is -2.22. The Labute approximate surface area is 94.5 Å². The van der Waals surface area contributed by atoms with Crippen LogP contribution in [0.2, 0.25) is 0 Å². The highest BCUT2D eigenvalue weighted by molar-refractivity contribution is 5.74. The Kier molecular flexibility index (Phi) is 3.10. The van der Waals surface area contributed by atoms with Gasteiger partial charge in [-0.2, -0.15) is 0 Å². The molecule has 0 aliphatic carbocycles. The Morgan fingerprint density at radius 3 is 3.06 bits per heavy atom. The molecule has 1 aliphatic rings.